The van der Waals surface area contributed by atoms with E-state index in [-0.39, 0.29) is 5.41 Å². The highest BCUT2D eigenvalue weighted by atomic mass is 15.0. The molecule has 0 bridgehead atoms. The first-order valence-corrected chi connectivity index (χ1v) is 7.80. The summed E-state index contributed by atoms with van der Waals surface area (Å²) in [6.07, 6.45) is 4.66. The number of benzene rings is 1. The quantitative estimate of drug-likeness (QED) is 0.885. The molecule has 0 aromatic heterocycles. The molecule has 1 aromatic rings. The van der Waals surface area contributed by atoms with Crippen LogP contribution in [0, 0.1) is 22.7 Å². The lowest BCUT2D eigenvalue weighted by Crippen LogP contribution is -2.52. The molecular weight excluding hydrogens is 244 g/mol. The van der Waals surface area contributed by atoms with Gasteiger partial charge in [0.25, 0.3) is 0 Å². The van der Waals surface area contributed by atoms with Crippen LogP contribution in [0.3, 0.4) is 0 Å². The van der Waals surface area contributed by atoms with Crippen molar-refractivity contribution in [2.45, 2.75) is 51.0 Å². The molecule has 1 N–H and O–H groups in total. The van der Waals surface area contributed by atoms with Gasteiger partial charge in [-0.25, -0.2) is 0 Å². The maximum Gasteiger partial charge on any atom is 0.0852 e. The Morgan fingerprint density at radius 1 is 1.25 bits per heavy atom. The summed E-state index contributed by atoms with van der Waals surface area (Å²) in [5.74, 6) is 0.768. The lowest BCUT2D eigenvalue weighted by atomic mass is 9.62. The van der Waals surface area contributed by atoms with Crippen LogP contribution in [0.2, 0.25) is 0 Å². The lowest BCUT2D eigenvalue weighted by Gasteiger charge is -2.44. The minimum Gasteiger partial charge on any atom is -0.313 e. The minimum atomic E-state index is -0.243. The third-order valence-electron chi connectivity index (χ3n) is 5.59. The molecule has 0 saturated heterocycles. The van der Waals surface area contributed by atoms with Gasteiger partial charge in [-0.15, -0.1) is 0 Å². The Morgan fingerprint density at radius 3 is 2.40 bits per heavy atom. The highest BCUT2D eigenvalue weighted by Crippen LogP contribution is 2.52. The third-order valence-corrected chi connectivity index (χ3v) is 5.59. The van der Waals surface area contributed by atoms with Crippen LogP contribution < -0.4 is 5.32 Å². The summed E-state index contributed by atoms with van der Waals surface area (Å²) in [5, 5.41) is 13.3. The summed E-state index contributed by atoms with van der Waals surface area (Å²) in [5.41, 5.74) is 1.50. The van der Waals surface area contributed by atoms with Crippen LogP contribution in [0.1, 0.15) is 45.1 Å². The third kappa shape index (κ3) is 2.25. The molecule has 2 fully saturated rings. The second-order valence-corrected chi connectivity index (χ2v) is 7.06. The Balaban J connectivity index is 1.57. The van der Waals surface area contributed by atoms with Crippen molar-refractivity contribution in [1.82, 2.24) is 5.32 Å². The fraction of sp³-hybridized carbons (Fsp3) is 0.611. The van der Waals surface area contributed by atoms with Crippen LogP contribution in [0.4, 0.5) is 0 Å². The molecule has 0 heterocycles. The predicted octanol–water partition coefficient (Wildman–Crippen LogP) is 3.64. The van der Waals surface area contributed by atoms with Crippen molar-refractivity contribution < 1.29 is 0 Å². The molecule has 0 atom stereocenters. The van der Waals surface area contributed by atoms with Crippen molar-refractivity contribution in [3.8, 4) is 6.07 Å². The van der Waals surface area contributed by atoms with E-state index in [1.807, 2.05) is 18.2 Å². The molecule has 2 saturated carbocycles. The second kappa shape index (κ2) is 4.90. The molecule has 3 rings (SSSR count). The zero-order chi connectivity index (χ0) is 14.2. The molecule has 0 unspecified atom stereocenters. The predicted molar refractivity (Wildman–Crippen MR) is 81.3 cm³/mol. The van der Waals surface area contributed by atoms with Gasteiger partial charge in [0.2, 0.25) is 0 Å². The van der Waals surface area contributed by atoms with E-state index < -0.39 is 0 Å². The fourth-order valence-electron chi connectivity index (χ4n) is 3.54. The summed E-state index contributed by atoms with van der Waals surface area (Å²) in [7, 11) is 0. The zero-order valence-corrected chi connectivity index (χ0v) is 12.5. The van der Waals surface area contributed by atoms with Gasteiger partial charge in [-0.3, -0.25) is 0 Å². The van der Waals surface area contributed by atoms with E-state index in [0.29, 0.717) is 11.5 Å². The number of nitrogens with zero attached hydrogens (tertiary/aromatic N) is 1. The van der Waals surface area contributed by atoms with E-state index in [1.54, 1.807) is 0 Å². The minimum absolute atomic E-state index is 0.243. The normalized spacial score (nSPS) is 30.6. The number of hydrogen-bond acceptors (Lipinski definition) is 2. The molecule has 0 radical (unpaired) electrons. The summed E-state index contributed by atoms with van der Waals surface area (Å²) < 4.78 is 0. The monoisotopic (exact) mass is 268 g/mol. The van der Waals surface area contributed by atoms with E-state index in [0.717, 1.165) is 25.3 Å². The van der Waals surface area contributed by atoms with Gasteiger partial charge in [-0.2, -0.15) is 5.26 Å². The van der Waals surface area contributed by atoms with Crippen LogP contribution in [-0.2, 0) is 5.41 Å². The Hall–Kier alpha value is -1.33. The largest absolute Gasteiger partial charge is 0.313 e. The molecule has 0 amide bonds. The molecule has 0 aliphatic heterocycles. The molecule has 106 valence electrons. The smallest absolute Gasteiger partial charge is 0.0852 e. The Kier molecular flexibility index (Phi) is 3.34. The highest BCUT2D eigenvalue weighted by molar-refractivity contribution is 5.36. The van der Waals surface area contributed by atoms with Crippen molar-refractivity contribution in [1.29, 1.82) is 5.26 Å². The summed E-state index contributed by atoms with van der Waals surface area (Å²) >= 11 is 0. The molecule has 2 heteroatoms. The molecule has 2 aliphatic carbocycles. The standard InChI is InChI=1S/C18H24N2/c1-14(2)17(8-9-17)13-20-16-10-18(11-16,12-19)15-6-4-3-5-7-15/h3-7,14,16,20H,8-11,13H2,1-2H3. The first kappa shape index (κ1) is 13.6. The van der Waals surface area contributed by atoms with Gasteiger partial charge in [-0.05, 0) is 42.6 Å². The van der Waals surface area contributed by atoms with Gasteiger partial charge in [0.1, 0.15) is 0 Å². The fourth-order valence-corrected chi connectivity index (χ4v) is 3.54. The average molecular weight is 268 g/mol. The van der Waals surface area contributed by atoms with Crippen LogP contribution in [0.15, 0.2) is 30.3 Å². The van der Waals surface area contributed by atoms with Crippen molar-refractivity contribution in [3.63, 3.8) is 0 Å². The van der Waals surface area contributed by atoms with Crippen molar-refractivity contribution >= 4 is 0 Å². The first-order valence-electron chi connectivity index (χ1n) is 7.80. The summed E-state index contributed by atoms with van der Waals surface area (Å²) in [4.78, 5) is 0. The van der Waals surface area contributed by atoms with E-state index in [9.17, 15) is 5.26 Å². The van der Waals surface area contributed by atoms with Crippen LogP contribution in [-0.4, -0.2) is 12.6 Å². The van der Waals surface area contributed by atoms with Gasteiger partial charge in [0.05, 0.1) is 11.5 Å². The molecule has 2 aliphatic rings. The SMILES string of the molecule is CC(C)C1(CNC2CC(C#N)(c3ccccc3)C2)CC1. The molecule has 1 aromatic carbocycles. The summed E-state index contributed by atoms with van der Waals surface area (Å²) in [6, 6.07) is 13.3. The van der Waals surface area contributed by atoms with E-state index >= 15 is 0 Å². The van der Waals surface area contributed by atoms with E-state index in [1.165, 1.54) is 18.4 Å². The number of nitriles is 1. The Morgan fingerprint density at radius 2 is 1.90 bits per heavy atom. The van der Waals surface area contributed by atoms with Gasteiger partial charge in [0, 0.05) is 12.6 Å². The van der Waals surface area contributed by atoms with Gasteiger partial charge in [-0.1, -0.05) is 44.2 Å². The maximum absolute atomic E-state index is 9.56. The molecule has 2 nitrogen and oxygen atoms in total. The topological polar surface area (TPSA) is 35.8 Å². The lowest BCUT2D eigenvalue weighted by molar-refractivity contribution is 0.203. The van der Waals surface area contributed by atoms with E-state index in [4.69, 9.17) is 0 Å². The van der Waals surface area contributed by atoms with Gasteiger partial charge < -0.3 is 5.32 Å². The molecule has 20 heavy (non-hydrogen) atoms. The Labute approximate surface area is 122 Å². The molecule has 0 spiro atoms. The van der Waals surface area contributed by atoms with E-state index in [2.05, 4.69) is 37.4 Å². The van der Waals surface area contributed by atoms with Crippen molar-refractivity contribution in [2.75, 3.05) is 6.54 Å². The van der Waals surface area contributed by atoms with Gasteiger partial charge >= 0.3 is 0 Å². The Bertz CT molecular complexity index is 502. The van der Waals surface area contributed by atoms with Crippen LogP contribution in [0.5, 0.6) is 0 Å². The van der Waals surface area contributed by atoms with Gasteiger partial charge in [0.15, 0.2) is 0 Å². The van der Waals surface area contributed by atoms with Crippen LogP contribution in [0.25, 0.3) is 0 Å². The average Bonchev–Trinajstić information content (AvgIpc) is 3.20. The molecular formula is C18H24N2. The number of nitrogens with one attached hydrogen (secondary N) is 1. The van der Waals surface area contributed by atoms with Crippen molar-refractivity contribution in [3.05, 3.63) is 35.9 Å². The highest BCUT2D eigenvalue weighted by Gasteiger charge is 2.49. The zero-order valence-electron chi connectivity index (χ0n) is 12.5. The van der Waals surface area contributed by atoms with Crippen LogP contribution >= 0.6 is 0 Å². The first-order chi connectivity index (χ1) is 9.60. The number of hydrogen-bond donors (Lipinski definition) is 1. The number of rotatable bonds is 5. The second-order valence-electron chi connectivity index (χ2n) is 7.06. The maximum atomic E-state index is 9.56. The van der Waals surface area contributed by atoms with Crippen molar-refractivity contribution in [2.24, 2.45) is 11.3 Å². The summed E-state index contributed by atoms with van der Waals surface area (Å²) in [6.45, 7) is 5.80.